The number of aromatic nitrogens is 2. The zero-order valence-electron chi connectivity index (χ0n) is 19.6. The van der Waals surface area contributed by atoms with Crippen LogP contribution in [0, 0.1) is 11.3 Å². The number of nitriles is 1. The van der Waals surface area contributed by atoms with E-state index in [-0.39, 0.29) is 5.57 Å². The fourth-order valence-electron chi connectivity index (χ4n) is 3.51. The number of thiazole rings is 1. The lowest BCUT2D eigenvalue weighted by Gasteiger charge is -2.11. The standard InChI is InChI=1S/C28H26N4O2S/c1-20(2)21-10-12-25(13-11-21)34-16-15-32-14-6-9-24(32)17-23(18-29)27(33)31-28-30-26(19-35-28)22-7-4-3-5-8-22/h3-14,17,19-20H,15-16H2,1-2H3,(H,30,31,33). The smallest absolute Gasteiger partial charge is 0.268 e. The highest BCUT2D eigenvalue weighted by Crippen LogP contribution is 2.25. The van der Waals surface area contributed by atoms with Crippen molar-refractivity contribution in [2.45, 2.75) is 26.3 Å². The summed E-state index contributed by atoms with van der Waals surface area (Å²) in [5, 5.41) is 14.7. The van der Waals surface area contributed by atoms with Gasteiger partial charge in [0.2, 0.25) is 0 Å². The van der Waals surface area contributed by atoms with Gasteiger partial charge in [-0.25, -0.2) is 4.98 Å². The van der Waals surface area contributed by atoms with Gasteiger partial charge >= 0.3 is 0 Å². The van der Waals surface area contributed by atoms with Crippen LogP contribution in [0.5, 0.6) is 5.75 Å². The molecule has 0 atom stereocenters. The molecule has 176 valence electrons. The third kappa shape index (κ3) is 6.25. The first-order chi connectivity index (χ1) is 17.0. The normalized spacial score (nSPS) is 11.3. The summed E-state index contributed by atoms with van der Waals surface area (Å²) < 4.78 is 7.82. The van der Waals surface area contributed by atoms with Crippen LogP contribution >= 0.6 is 11.3 Å². The molecule has 2 aromatic heterocycles. The van der Waals surface area contributed by atoms with Gasteiger partial charge in [0.1, 0.15) is 24.0 Å². The lowest BCUT2D eigenvalue weighted by Crippen LogP contribution is -2.14. The van der Waals surface area contributed by atoms with Gasteiger partial charge in [-0.2, -0.15) is 5.26 Å². The van der Waals surface area contributed by atoms with Gasteiger partial charge in [0.25, 0.3) is 5.91 Å². The van der Waals surface area contributed by atoms with Crippen molar-refractivity contribution in [3.05, 3.63) is 95.1 Å². The van der Waals surface area contributed by atoms with E-state index in [2.05, 4.69) is 36.3 Å². The summed E-state index contributed by atoms with van der Waals surface area (Å²) in [7, 11) is 0. The molecule has 4 rings (SSSR count). The van der Waals surface area contributed by atoms with E-state index in [9.17, 15) is 10.1 Å². The average molecular weight is 483 g/mol. The second-order valence-corrected chi connectivity index (χ2v) is 9.08. The van der Waals surface area contributed by atoms with E-state index < -0.39 is 5.91 Å². The Hall–Kier alpha value is -4.15. The number of hydrogen-bond donors (Lipinski definition) is 1. The van der Waals surface area contributed by atoms with Gasteiger partial charge in [-0.3, -0.25) is 10.1 Å². The maximum absolute atomic E-state index is 12.7. The number of amides is 1. The van der Waals surface area contributed by atoms with Crippen LogP contribution in [0.3, 0.4) is 0 Å². The number of nitrogens with zero attached hydrogens (tertiary/aromatic N) is 3. The summed E-state index contributed by atoms with van der Waals surface area (Å²) >= 11 is 1.32. The van der Waals surface area contributed by atoms with Crippen LogP contribution in [0.15, 0.2) is 83.9 Å². The zero-order valence-corrected chi connectivity index (χ0v) is 20.5. The fourth-order valence-corrected chi connectivity index (χ4v) is 4.22. The van der Waals surface area contributed by atoms with E-state index in [1.165, 1.54) is 16.9 Å². The van der Waals surface area contributed by atoms with Crippen LogP contribution in [0.2, 0.25) is 0 Å². The van der Waals surface area contributed by atoms with Crippen molar-refractivity contribution in [1.29, 1.82) is 5.26 Å². The number of ether oxygens (including phenoxy) is 1. The van der Waals surface area contributed by atoms with E-state index in [0.717, 1.165) is 22.7 Å². The Bertz CT molecular complexity index is 1350. The summed E-state index contributed by atoms with van der Waals surface area (Å²) in [6, 6.07) is 23.6. The van der Waals surface area contributed by atoms with Gasteiger partial charge in [0, 0.05) is 22.8 Å². The van der Waals surface area contributed by atoms with Crippen molar-refractivity contribution < 1.29 is 9.53 Å². The molecular formula is C28H26N4O2S. The SMILES string of the molecule is CC(C)c1ccc(OCCn2cccc2C=C(C#N)C(=O)Nc2nc(-c3ccccc3)cs2)cc1. The number of carbonyl (C=O) groups excluding carboxylic acids is 1. The number of anilines is 1. The van der Waals surface area contributed by atoms with Crippen LogP contribution in [0.25, 0.3) is 17.3 Å². The molecule has 0 saturated carbocycles. The summed E-state index contributed by atoms with van der Waals surface area (Å²) in [6.45, 7) is 5.36. The monoisotopic (exact) mass is 482 g/mol. The molecule has 2 heterocycles. The molecule has 0 unspecified atom stereocenters. The second kappa shape index (κ2) is 11.3. The number of rotatable bonds is 9. The summed E-state index contributed by atoms with van der Waals surface area (Å²) in [4.78, 5) is 17.2. The molecule has 1 amide bonds. The minimum Gasteiger partial charge on any atom is -0.492 e. The molecule has 4 aromatic rings. The Morgan fingerprint density at radius 3 is 2.63 bits per heavy atom. The van der Waals surface area contributed by atoms with Crippen LogP contribution in [0.1, 0.15) is 31.0 Å². The molecule has 0 bridgehead atoms. The predicted molar refractivity (Wildman–Crippen MR) is 140 cm³/mol. The van der Waals surface area contributed by atoms with E-state index in [1.54, 1.807) is 6.08 Å². The first-order valence-electron chi connectivity index (χ1n) is 11.4. The molecule has 1 N–H and O–H groups in total. The van der Waals surface area contributed by atoms with Crippen molar-refractivity contribution in [2.24, 2.45) is 0 Å². The molecular weight excluding hydrogens is 456 g/mol. The third-order valence-electron chi connectivity index (χ3n) is 5.46. The molecule has 0 aliphatic heterocycles. The Kier molecular flexibility index (Phi) is 7.76. The van der Waals surface area contributed by atoms with Gasteiger partial charge in [-0.05, 0) is 41.8 Å². The molecule has 7 heteroatoms. The van der Waals surface area contributed by atoms with Crippen molar-refractivity contribution in [3.63, 3.8) is 0 Å². The van der Waals surface area contributed by atoms with E-state index in [0.29, 0.717) is 24.2 Å². The lowest BCUT2D eigenvalue weighted by molar-refractivity contribution is -0.112. The summed E-state index contributed by atoms with van der Waals surface area (Å²) in [5.41, 5.74) is 3.77. The average Bonchev–Trinajstić information content (AvgIpc) is 3.53. The third-order valence-corrected chi connectivity index (χ3v) is 6.22. The van der Waals surface area contributed by atoms with Crippen molar-refractivity contribution in [2.75, 3.05) is 11.9 Å². The Balaban J connectivity index is 1.38. The second-order valence-electron chi connectivity index (χ2n) is 8.23. The molecule has 6 nitrogen and oxygen atoms in total. The van der Waals surface area contributed by atoms with Gasteiger partial charge in [0.05, 0.1) is 12.2 Å². The molecule has 35 heavy (non-hydrogen) atoms. The van der Waals surface area contributed by atoms with Crippen LogP contribution in [-0.4, -0.2) is 22.1 Å². The lowest BCUT2D eigenvalue weighted by atomic mass is 10.0. The van der Waals surface area contributed by atoms with Crippen LogP contribution in [-0.2, 0) is 11.3 Å². The first-order valence-corrected chi connectivity index (χ1v) is 12.2. The van der Waals surface area contributed by atoms with Crippen LogP contribution in [0.4, 0.5) is 5.13 Å². The molecule has 0 aliphatic carbocycles. The summed E-state index contributed by atoms with van der Waals surface area (Å²) in [5.74, 6) is 0.802. The van der Waals surface area contributed by atoms with Gasteiger partial charge in [-0.15, -0.1) is 11.3 Å². The molecule has 0 aliphatic rings. The van der Waals surface area contributed by atoms with E-state index in [4.69, 9.17) is 4.74 Å². The van der Waals surface area contributed by atoms with Gasteiger partial charge in [-0.1, -0.05) is 56.3 Å². The Labute approximate surface area is 209 Å². The van der Waals surface area contributed by atoms with Crippen molar-refractivity contribution in [3.8, 4) is 23.1 Å². The first kappa shape index (κ1) is 24.0. The number of carbonyl (C=O) groups is 1. The Morgan fingerprint density at radius 2 is 1.91 bits per heavy atom. The largest absolute Gasteiger partial charge is 0.492 e. The highest BCUT2D eigenvalue weighted by molar-refractivity contribution is 7.14. The molecule has 0 saturated heterocycles. The van der Waals surface area contributed by atoms with E-state index in [1.807, 2.05) is 76.8 Å². The molecule has 0 radical (unpaired) electrons. The van der Waals surface area contributed by atoms with Crippen molar-refractivity contribution in [1.82, 2.24) is 9.55 Å². The number of hydrogen-bond acceptors (Lipinski definition) is 5. The highest BCUT2D eigenvalue weighted by Gasteiger charge is 2.13. The zero-order chi connectivity index (χ0) is 24.6. The molecule has 0 spiro atoms. The van der Waals surface area contributed by atoms with Gasteiger partial charge in [0.15, 0.2) is 5.13 Å². The quantitative estimate of drug-likeness (QED) is 0.222. The van der Waals surface area contributed by atoms with E-state index >= 15 is 0 Å². The maximum atomic E-state index is 12.7. The topological polar surface area (TPSA) is 79.9 Å². The van der Waals surface area contributed by atoms with Gasteiger partial charge < -0.3 is 9.30 Å². The highest BCUT2D eigenvalue weighted by atomic mass is 32.1. The van der Waals surface area contributed by atoms with Crippen LogP contribution < -0.4 is 10.1 Å². The molecule has 0 fully saturated rings. The minimum absolute atomic E-state index is 0.00611. The number of benzene rings is 2. The minimum atomic E-state index is -0.490. The number of nitrogens with one attached hydrogen (secondary N) is 1. The molecule has 2 aromatic carbocycles. The Morgan fingerprint density at radius 1 is 1.14 bits per heavy atom. The summed E-state index contributed by atoms with van der Waals surface area (Å²) in [6.07, 6.45) is 3.48. The maximum Gasteiger partial charge on any atom is 0.268 e. The van der Waals surface area contributed by atoms with Crippen molar-refractivity contribution >= 4 is 28.5 Å². The fraction of sp³-hybridized carbons (Fsp3) is 0.179. The predicted octanol–water partition coefficient (Wildman–Crippen LogP) is 6.36.